The molecule has 1 aromatic carbocycles. The summed E-state index contributed by atoms with van der Waals surface area (Å²) in [6.07, 6.45) is 0.108. The molecule has 2 N–H and O–H groups in total. The van der Waals surface area contributed by atoms with Crippen LogP contribution in [0.15, 0.2) is 27.1 Å². The highest BCUT2D eigenvalue weighted by molar-refractivity contribution is 9.11. The average Bonchev–Trinajstić information content (AvgIpc) is 2.22. The summed E-state index contributed by atoms with van der Waals surface area (Å²) in [7, 11) is 0. The van der Waals surface area contributed by atoms with Crippen molar-refractivity contribution in [2.75, 3.05) is 11.2 Å². The quantitative estimate of drug-likeness (QED) is 0.784. The molecule has 0 atom stereocenters. The number of hydrogen-bond acceptors (Lipinski definition) is 2. The predicted octanol–water partition coefficient (Wildman–Crippen LogP) is 3.49. The Bertz CT molecular complexity index is 440. The van der Waals surface area contributed by atoms with Gasteiger partial charge < -0.3 is 5.32 Å². The number of amides is 3. The molecule has 0 aliphatic carbocycles. The maximum absolute atomic E-state index is 11.4. The summed E-state index contributed by atoms with van der Waals surface area (Å²) in [5.41, 5.74) is 0.573. The largest absolute Gasteiger partial charge is 0.325 e. The number of rotatable bonds is 3. The van der Waals surface area contributed by atoms with E-state index in [0.29, 0.717) is 10.2 Å². The first-order valence-corrected chi connectivity index (χ1v) is 6.77. The zero-order chi connectivity index (χ0) is 12.8. The van der Waals surface area contributed by atoms with Gasteiger partial charge in [0.05, 0.1) is 5.69 Å². The molecule has 1 aromatic rings. The third-order valence-corrected chi connectivity index (χ3v) is 3.09. The minimum Gasteiger partial charge on any atom is -0.307 e. The standard InChI is InChI=1S/C10H9Br2ClN2O2/c11-6-1-2-8(7(12)5-6)14-10(17)15-9(16)3-4-13/h1-2,5H,3-4H2,(H2,14,15,16,17). The molecule has 0 saturated heterocycles. The van der Waals surface area contributed by atoms with Crippen molar-refractivity contribution in [3.05, 3.63) is 27.1 Å². The Kier molecular flexibility index (Phi) is 5.94. The summed E-state index contributed by atoms with van der Waals surface area (Å²) in [6.45, 7) is 0. The van der Waals surface area contributed by atoms with E-state index in [0.717, 1.165) is 4.47 Å². The van der Waals surface area contributed by atoms with Crippen molar-refractivity contribution in [3.8, 4) is 0 Å². The summed E-state index contributed by atoms with van der Waals surface area (Å²) in [4.78, 5) is 22.5. The summed E-state index contributed by atoms with van der Waals surface area (Å²) >= 11 is 12.0. The Morgan fingerprint density at radius 1 is 1.29 bits per heavy atom. The fraction of sp³-hybridized carbons (Fsp3) is 0.200. The minimum atomic E-state index is -0.580. The number of halogens is 3. The lowest BCUT2D eigenvalue weighted by Crippen LogP contribution is -2.34. The van der Waals surface area contributed by atoms with Crippen LogP contribution < -0.4 is 10.6 Å². The monoisotopic (exact) mass is 382 g/mol. The lowest BCUT2D eigenvalue weighted by atomic mass is 10.3. The first kappa shape index (κ1) is 14.5. The van der Waals surface area contributed by atoms with Crippen molar-refractivity contribution in [2.24, 2.45) is 0 Å². The average molecular weight is 384 g/mol. The van der Waals surface area contributed by atoms with E-state index in [-0.39, 0.29) is 12.3 Å². The maximum atomic E-state index is 11.4. The highest BCUT2D eigenvalue weighted by Crippen LogP contribution is 2.25. The maximum Gasteiger partial charge on any atom is 0.325 e. The van der Waals surface area contributed by atoms with E-state index in [2.05, 4.69) is 42.5 Å². The molecule has 7 heteroatoms. The number of imide groups is 1. The molecule has 92 valence electrons. The van der Waals surface area contributed by atoms with Crippen molar-refractivity contribution in [2.45, 2.75) is 6.42 Å². The molecule has 0 spiro atoms. The molecule has 0 unspecified atom stereocenters. The Balaban J connectivity index is 2.59. The molecule has 0 bridgehead atoms. The van der Waals surface area contributed by atoms with Crippen LogP contribution in [0.5, 0.6) is 0 Å². The number of carbonyl (C=O) groups is 2. The molecule has 1 rings (SSSR count). The first-order chi connectivity index (χ1) is 8.02. The van der Waals surface area contributed by atoms with Gasteiger partial charge in [-0.25, -0.2) is 4.79 Å². The second-order valence-electron chi connectivity index (χ2n) is 3.07. The second kappa shape index (κ2) is 6.98. The number of alkyl halides is 1. The van der Waals surface area contributed by atoms with Gasteiger partial charge in [-0.3, -0.25) is 10.1 Å². The van der Waals surface area contributed by atoms with Crippen molar-refractivity contribution < 1.29 is 9.59 Å². The number of urea groups is 1. The fourth-order valence-electron chi connectivity index (χ4n) is 1.02. The smallest absolute Gasteiger partial charge is 0.307 e. The van der Waals surface area contributed by atoms with Crippen molar-refractivity contribution in [1.29, 1.82) is 0 Å². The van der Waals surface area contributed by atoms with E-state index in [1.807, 2.05) is 0 Å². The van der Waals surface area contributed by atoms with Crippen molar-refractivity contribution in [1.82, 2.24) is 5.32 Å². The van der Waals surface area contributed by atoms with Gasteiger partial charge in [-0.15, -0.1) is 11.6 Å². The van der Waals surface area contributed by atoms with Gasteiger partial charge in [-0.1, -0.05) is 15.9 Å². The summed E-state index contributed by atoms with van der Waals surface area (Å²) in [5.74, 6) is -0.230. The van der Waals surface area contributed by atoms with E-state index >= 15 is 0 Å². The molecular weight excluding hydrogens is 375 g/mol. The molecule has 0 fully saturated rings. The van der Waals surface area contributed by atoms with E-state index in [1.54, 1.807) is 18.2 Å². The lowest BCUT2D eigenvalue weighted by molar-refractivity contribution is -0.119. The van der Waals surface area contributed by atoms with E-state index in [4.69, 9.17) is 11.6 Å². The summed E-state index contributed by atoms with van der Waals surface area (Å²) in [6, 6.07) is 4.69. The Labute approximate surface area is 120 Å². The number of anilines is 1. The third-order valence-electron chi connectivity index (χ3n) is 1.75. The predicted molar refractivity (Wildman–Crippen MR) is 74.3 cm³/mol. The van der Waals surface area contributed by atoms with Crippen LogP contribution in [0.25, 0.3) is 0 Å². The van der Waals surface area contributed by atoms with Gasteiger partial charge in [0, 0.05) is 21.2 Å². The van der Waals surface area contributed by atoms with Crippen LogP contribution in [-0.4, -0.2) is 17.8 Å². The van der Waals surface area contributed by atoms with Crippen LogP contribution in [0, 0.1) is 0 Å². The zero-order valence-electron chi connectivity index (χ0n) is 8.60. The summed E-state index contributed by atoms with van der Waals surface area (Å²) < 4.78 is 1.60. The second-order valence-corrected chi connectivity index (χ2v) is 5.21. The molecule has 0 radical (unpaired) electrons. The summed E-state index contributed by atoms with van der Waals surface area (Å²) in [5, 5.41) is 4.71. The molecule has 0 saturated carbocycles. The van der Waals surface area contributed by atoms with Gasteiger partial charge >= 0.3 is 6.03 Å². The van der Waals surface area contributed by atoms with Crippen LogP contribution >= 0.6 is 43.5 Å². The molecule has 0 aliphatic heterocycles. The normalized spacial score (nSPS) is 9.82. The Morgan fingerprint density at radius 2 is 2.00 bits per heavy atom. The third kappa shape index (κ3) is 5.06. The highest BCUT2D eigenvalue weighted by atomic mass is 79.9. The topological polar surface area (TPSA) is 58.2 Å². The van der Waals surface area contributed by atoms with Gasteiger partial charge in [-0.05, 0) is 34.1 Å². The lowest BCUT2D eigenvalue weighted by Gasteiger charge is -2.08. The van der Waals surface area contributed by atoms with Gasteiger partial charge in [0.2, 0.25) is 5.91 Å². The molecule has 3 amide bonds. The van der Waals surface area contributed by atoms with Gasteiger partial charge in [-0.2, -0.15) is 0 Å². The van der Waals surface area contributed by atoms with Gasteiger partial charge in [0.25, 0.3) is 0 Å². The van der Waals surface area contributed by atoms with Crippen LogP contribution in [0.2, 0.25) is 0 Å². The molecule has 0 heterocycles. The SMILES string of the molecule is O=C(CCCl)NC(=O)Nc1ccc(Br)cc1Br. The van der Waals surface area contributed by atoms with Crippen LogP contribution in [-0.2, 0) is 4.79 Å². The van der Waals surface area contributed by atoms with Gasteiger partial charge in [0.1, 0.15) is 0 Å². The molecular formula is C10H9Br2ClN2O2. The number of hydrogen-bond donors (Lipinski definition) is 2. The zero-order valence-corrected chi connectivity index (χ0v) is 12.5. The minimum absolute atomic E-state index is 0.108. The molecule has 0 aliphatic rings. The molecule has 0 aromatic heterocycles. The fourth-order valence-corrected chi connectivity index (χ4v) is 2.34. The highest BCUT2D eigenvalue weighted by Gasteiger charge is 2.09. The Hall–Kier alpha value is -0.590. The van der Waals surface area contributed by atoms with E-state index in [1.165, 1.54) is 0 Å². The van der Waals surface area contributed by atoms with E-state index < -0.39 is 11.9 Å². The van der Waals surface area contributed by atoms with Crippen LogP contribution in [0.1, 0.15) is 6.42 Å². The van der Waals surface area contributed by atoms with E-state index in [9.17, 15) is 9.59 Å². The van der Waals surface area contributed by atoms with Crippen LogP contribution in [0.4, 0.5) is 10.5 Å². The van der Waals surface area contributed by atoms with Crippen molar-refractivity contribution >= 4 is 61.1 Å². The van der Waals surface area contributed by atoms with Crippen LogP contribution in [0.3, 0.4) is 0 Å². The number of carbonyl (C=O) groups excluding carboxylic acids is 2. The van der Waals surface area contributed by atoms with Crippen molar-refractivity contribution in [3.63, 3.8) is 0 Å². The first-order valence-electron chi connectivity index (χ1n) is 4.65. The number of nitrogens with one attached hydrogen (secondary N) is 2. The molecule has 4 nitrogen and oxygen atoms in total. The molecule has 17 heavy (non-hydrogen) atoms. The number of benzene rings is 1. The Morgan fingerprint density at radius 3 is 2.59 bits per heavy atom. The van der Waals surface area contributed by atoms with Gasteiger partial charge in [0.15, 0.2) is 0 Å².